The number of rotatable bonds is 2. The van der Waals surface area contributed by atoms with Crippen molar-refractivity contribution in [3.05, 3.63) is 0 Å². The highest BCUT2D eigenvalue weighted by Gasteiger charge is 2.51. The fraction of sp³-hybridized carbons (Fsp3) is 1.00. The van der Waals surface area contributed by atoms with E-state index in [1.54, 1.807) is 0 Å². The van der Waals surface area contributed by atoms with Gasteiger partial charge in [-0.05, 0) is 37.5 Å². The fourth-order valence-electron chi connectivity index (χ4n) is 3.72. The molecule has 2 heteroatoms. The molecule has 2 saturated carbocycles. The summed E-state index contributed by atoms with van der Waals surface area (Å²) in [4.78, 5) is 0. The number of hydrogen-bond acceptors (Lipinski definition) is 2. The van der Waals surface area contributed by atoms with Gasteiger partial charge in [0.25, 0.3) is 0 Å². The summed E-state index contributed by atoms with van der Waals surface area (Å²) >= 11 is 0. The average Bonchev–Trinajstić information content (AvgIpc) is 2.62. The van der Waals surface area contributed by atoms with E-state index in [1.165, 1.54) is 38.5 Å². The topological polar surface area (TPSA) is 40.5 Å². The van der Waals surface area contributed by atoms with Gasteiger partial charge in [-0.15, -0.1) is 0 Å². The van der Waals surface area contributed by atoms with E-state index >= 15 is 0 Å². The Bertz CT molecular complexity index is 192. The SMILES string of the molecule is OCCC1(O)CCCCC12CCCC2. The molecule has 0 radical (unpaired) electrons. The second-order valence-corrected chi connectivity index (χ2v) is 5.20. The van der Waals surface area contributed by atoms with Crippen molar-refractivity contribution in [3.8, 4) is 0 Å². The minimum Gasteiger partial charge on any atom is -0.396 e. The number of aliphatic hydroxyl groups is 2. The van der Waals surface area contributed by atoms with Crippen LogP contribution in [0.5, 0.6) is 0 Å². The summed E-state index contributed by atoms with van der Waals surface area (Å²) in [5.41, 5.74) is -0.371. The van der Waals surface area contributed by atoms with E-state index in [0.717, 1.165) is 12.8 Å². The fourth-order valence-corrected chi connectivity index (χ4v) is 3.72. The average molecular weight is 198 g/mol. The standard InChI is InChI=1S/C12H22O2/c13-10-9-12(14)8-4-3-7-11(12)5-1-2-6-11/h13-14H,1-10H2. The Morgan fingerprint density at radius 3 is 1.86 bits per heavy atom. The molecule has 82 valence electrons. The van der Waals surface area contributed by atoms with E-state index in [-0.39, 0.29) is 12.0 Å². The zero-order chi connectivity index (χ0) is 10.1. The molecule has 0 aromatic heterocycles. The van der Waals surface area contributed by atoms with Crippen molar-refractivity contribution >= 4 is 0 Å². The lowest BCUT2D eigenvalue weighted by molar-refractivity contribution is -0.124. The third-order valence-corrected chi connectivity index (χ3v) is 4.57. The van der Waals surface area contributed by atoms with Crippen LogP contribution < -0.4 is 0 Å². The van der Waals surface area contributed by atoms with Gasteiger partial charge in [-0.1, -0.05) is 25.7 Å². The minimum absolute atomic E-state index is 0.137. The van der Waals surface area contributed by atoms with Crippen LogP contribution in [0.4, 0.5) is 0 Å². The van der Waals surface area contributed by atoms with Crippen molar-refractivity contribution < 1.29 is 10.2 Å². The van der Waals surface area contributed by atoms with Gasteiger partial charge in [-0.3, -0.25) is 0 Å². The Balaban J connectivity index is 2.17. The second kappa shape index (κ2) is 3.82. The molecule has 1 unspecified atom stereocenters. The molecule has 0 heterocycles. The molecule has 0 amide bonds. The molecule has 2 fully saturated rings. The van der Waals surface area contributed by atoms with Crippen molar-refractivity contribution in [2.75, 3.05) is 6.61 Å². The van der Waals surface area contributed by atoms with Crippen molar-refractivity contribution in [2.45, 2.75) is 63.4 Å². The summed E-state index contributed by atoms with van der Waals surface area (Å²) in [5.74, 6) is 0. The molecule has 2 N–H and O–H groups in total. The normalized spacial score (nSPS) is 36.4. The Morgan fingerprint density at radius 1 is 0.857 bits per heavy atom. The highest BCUT2D eigenvalue weighted by atomic mass is 16.3. The summed E-state index contributed by atoms with van der Waals surface area (Å²) in [6.07, 6.45) is 10.0. The molecule has 2 aliphatic rings. The molecule has 2 rings (SSSR count). The monoisotopic (exact) mass is 198 g/mol. The summed E-state index contributed by atoms with van der Waals surface area (Å²) < 4.78 is 0. The summed E-state index contributed by atoms with van der Waals surface area (Å²) in [6, 6.07) is 0. The van der Waals surface area contributed by atoms with Gasteiger partial charge in [-0.25, -0.2) is 0 Å². The van der Waals surface area contributed by atoms with Crippen molar-refractivity contribution in [1.82, 2.24) is 0 Å². The Labute approximate surface area is 86.3 Å². The van der Waals surface area contributed by atoms with Crippen LogP contribution in [-0.2, 0) is 0 Å². The highest BCUT2D eigenvalue weighted by Crippen LogP contribution is 2.55. The van der Waals surface area contributed by atoms with Gasteiger partial charge in [-0.2, -0.15) is 0 Å². The predicted molar refractivity (Wildman–Crippen MR) is 56.0 cm³/mol. The molecule has 2 aliphatic carbocycles. The van der Waals surface area contributed by atoms with Crippen LogP contribution >= 0.6 is 0 Å². The number of aliphatic hydroxyl groups excluding tert-OH is 1. The zero-order valence-corrected chi connectivity index (χ0v) is 8.97. The third kappa shape index (κ3) is 1.49. The first-order valence-electron chi connectivity index (χ1n) is 6.06. The maximum Gasteiger partial charge on any atom is 0.0725 e. The molecule has 0 bridgehead atoms. The molecular weight excluding hydrogens is 176 g/mol. The molecule has 0 aromatic rings. The van der Waals surface area contributed by atoms with Gasteiger partial charge in [0.15, 0.2) is 0 Å². The van der Waals surface area contributed by atoms with Gasteiger partial charge in [0.1, 0.15) is 0 Å². The molecule has 2 nitrogen and oxygen atoms in total. The minimum atomic E-state index is -0.545. The van der Waals surface area contributed by atoms with Crippen LogP contribution in [0.25, 0.3) is 0 Å². The van der Waals surface area contributed by atoms with Crippen LogP contribution in [-0.4, -0.2) is 22.4 Å². The maximum absolute atomic E-state index is 10.7. The van der Waals surface area contributed by atoms with Gasteiger partial charge >= 0.3 is 0 Å². The quantitative estimate of drug-likeness (QED) is 0.714. The van der Waals surface area contributed by atoms with E-state index < -0.39 is 5.60 Å². The maximum atomic E-state index is 10.7. The van der Waals surface area contributed by atoms with E-state index in [1.807, 2.05) is 0 Å². The van der Waals surface area contributed by atoms with E-state index in [0.29, 0.717) is 6.42 Å². The van der Waals surface area contributed by atoms with Crippen LogP contribution in [0.2, 0.25) is 0 Å². The second-order valence-electron chi connectivity index (χ2n) is 5.20. The lowest BCUT2D eigenvalue weighted by atomic mass is 9.61. The lowest BCUT2D eigenvalue weighted by Gasteiger charge is -2.49. The molecule has 14 heavy (non-hydrogen) atoms. The Morgan fingerprint density at radius 2 is 1.36 bits per heavy atom. The van der Waals surface area contributed by atoms with Gasteiger partial charge in [0.2, 0.25) is 0 Å². The van der Waals surface area contributed by atoms with Crippen LogP contribution in [0.15, 0.2) is 0 Å². The van der Waals surface area contributed by atoms with E-state index in [4.69, 9.17) is 5.11 Å². The molecule has 0 aromatic carbocycles. The first-order valence-corrected chi connectivity index (χ1v) is 6.06. The van der Waals surface area contributed by atoms with Crippen LogP contribution in [0, 0.1) is 5.41 Å². The molecule has 0 saturated heterocycles. The highest BCUT2D eigenvalue weighted by molar-refractivity contribution is 5.03. The van der Waals surface area contributed by atoms with Gasteiger partial charge in [0.05, 0.1) is 5.60 Å². The van der Waals surface area contributed by atoms with E-state index in [9.17, 15) is 5.11 Å². The Hall–Kier alpha value is -0.0800. The van der Waals surface area contributed by atoms with Gasteiger partial charge in [0, 0.05) is 6.61 Å². The Kier molecular flexibility index (Phi) is 2.85. The van der Waals surface area contributed by atoms with Crippen molar-refractivity contribution in [3.63, 3.8) is 0 Å². The predicted octanol–water partition coefficient (Wildman–Crippen LogP) is 2.23. The van der Waals surface area contributed by atoms with Crippen molar-refractivity contribution in [1.29, 1.82) is 0 Å². The van der Waals surface area contributed by atoms with Gasteiger partial charge < -0.3 is 10.2 Å². The van der Waals surface area contributed by atoms with E-state index in [2.05, 4.69) is 0 Å². The summed E-state index contributed by atoms with van der Waals surface area (Å²) in [6.45, 7) is 0.137. The summed E-state index contributed by atoms with van der Waals surface area (Å²) in [7, 11) is 0. The van der Waals surface area contributed by atoms with Crippen LogP contribution in [0.3, 0.4) is 0 Å². The van der Waals surface area contributed by atoms with Crippen LogP contribution in [0.1, 0.15) is 57.8 Å². The zero-order valence-electron chi connectivity index (χ0n) is 8.97. The smallest absolute Gasteiger partial charge is 0.0725 e. The van der Waals surface area contributed by atoms with Crippen molar-refractivity contribution in [2.24, 2.45) is 5.41 Å². The molecule has 1 atom stereocenters. The first-order chi connectivity index (χ1) is 6.72. The molecular formula is C12H22O2. The summed E-state index contributed by atoms with van der Waals surface area (Å²) in [5, 5.41) is 19.7. The number of hydrogen-bond donors (Lipinski definition) is 2. The largest absolute Gasteiger partial charge is 0.396 e. The first kappa shape index (κ1) is 10.4. The lowest BCUT2D eigenvalue weighted by Crippen LogP contribution is -2.49. The molecule has 0 aliphatic heterocycles. The molecule has 1 spiro atoms. The third-order valence-electron chi connectivity index (χ3n) is 4.57.